The van der Waals surface area contributed by atoms with Crippen LogP contribution in [0.2, 0.25) is 0 Å². The average molecular weight is 502 g/mol. The zero-order valence-electron chi connectivity index (χ0n) is 10.3. The minimum Gasteiger partial charge on any atom is -0.0651 e. The van der Waals surface area contributed by atoms with Gasteiger partial charge in [0, 0.05) is 23.5 Å². The van der Waals surface area contributed by atoms with Crippen molar-refractivity contribution in [2.75, 3.05) is 0 Å². The van der Waals surface area contributed by atoms with Gasteiger partial charge >= 0.3 is 0 Å². The molecule has 0 heterocycles. The summed E-state index contributed by atoms with van der Waals surface area (Å²) in [7, 11) is 0. The van der Waals surface area contributed by atoms with Gasteiger partial charge in [-0.15, -0.1) is 0 Å². The molecule has 4 heteroatoms. The molecule has 0 atom stereocenters. The molecule has 0 amide bonds. The van der Waals surface area contributed by atoms with E-state index in [2.05, 4.69) is 77.6 Å². The number of rotatable bonds is 4. The Bertz CT molecular complexity index is 474. The van der Waals surface area contributed by atoms with Gasteiger partial charge in [0.2, 0.25) is 0 Å². The van der Waals surface area contributed by atoms with Gasteiger partial charge in [0.05, 0.1) is 0 Å². The maximum Gasteiger partial charge on any atom is 0.0477 e. The summed E-state index contributed by atoms with van der Waals surface area (Å²) >= 11 is 14.6. The second-order valence-corrected chi connectivity index (χ2v) is 7.64. The molecular weight excluding hydrogens is 488 g/mol. The second-order valence-electron chi connectivity index (χ2n) is 4.46. The second kappa shape index (κ2) is 6.11. The maximum absolute atomic E-state index is 3.70. The Morgan fingerprint density at radius 1 is 0.611 bits per heavy atom. The van der Waals surface area contributed by atoms with Crippen LogP contribution in [0.3, 0.4) is 0 Å². The first-order valence-corrected chi connectivity index (χ1v) is 9.30. The summed E-state index contributed by atoms with van der Waals surface area (Å²) in [5, 5.41) is 0. The molecule has 0 spiro atoms. The van der Waals surface area contributed by atoms with E-state index in [9.17, 15) is 0 Å². The van der Waals surface area contributed by atoms with Crippen molar-refractivity contribution in [2.45, 2.75) is 39.5 Å². The van der Waals surface area contributed by atoms with E-state index >= 15 is 0 Å². The van der Waals surface area contributed by atoms with Crippen LogP contribution in [0.25, 0.3) is 0 Å². The number of hydrogen-bond donors (Lipinski definition) is 0. The summed E-state index contributed by atoms with van der Waals surface area (Å²) in [4.78, 5) is 0. The number of allylic oxidation sites excluding steroid dienone is 8. The highest BCUT2D eigenvalue weighted by atomic mass is 79.9. The van der Waals surface area contributed by atoms with E-state index in [4.69, 9.17) is 0 Å². The molecule has 2 rings (SSSR count). The molecular formula is C14H14Br4. The Hall–Kier alpha value is 0.880. The predicted octanol–water partition coefficient (Wildman–Crippen LogP) is 7.21. The first-order valence-electron chi connectivity index (χ1n) is 6.13. The van der Waals surface area contributed by atoms with Crippen molar-refractivity contribution in [3.63, 3.8) is 0 Å². The van der Waals surface area contributed by atoms with E-state index in [-0.39, 0.29) is 0 Å². The smallest absolute Gasteiger partial charge is 0.0477 e. The van der Waals surface area contributed by atoms with E-state index in [1.807, 2.05) is 0 Å². The third-order valence-electron chi connectivity index (χ3n) is 3.17. The molecule has 0 radical (unpaired) electrons. The van der Waals surface area contributed by atoms with Crippen LogP contribution in [0, 0.1) is 0 Å². The van der Waals surface area contributed by atoms with Gasteiger partial charge in [-0.1, -0.05) is 26.7 Å². The van der Waals surface area contributed by atoms with E-state index in [1.54, 1.807) is 11.1 Å². The summed E-state index contributed by atoms with van der Waals surface area (Å²) in [5.74, 6) is 0. The molecule has 98 valence electrons. The highest BCUT2D eigenvalue weighted by Crippen LogP contribution is 2.56. The molecule has 0 aromatic carbocycles. The third-order valence-corrected chi connectivity index (χ3v) is 7.94. The van der Waals surface area contributed by atoms with Crippen molar-refractivity contribution in [1.82, 2.24) is 0 Å². The molecule has 0 bridgehead atoms. The maximum atomic E-state index is 3.70. The molecule has 2 aliphatic rings. The lowest BCUT2D eigenvalue weighted by Gasteiger charge is -2.01. The Kier molecular flexibility index (Phi) is 5.18. The van der Waals surface area contributed by atoms with Crippen LogP contribution >= 0.6 is 63.7 Å². The van der Waals surface area contributed by atoms with Crippen molar-refractivity contribution in [2.24, 2.45) is 0 Å². The van der Waals surface area contributed by atoms with Gasteiger partial charge in [0.15, 0.2) is 0 Å². The molecule has 0 N–H and O–H groups in total. The highest BCUT2D eigenvalue weighted by Gasteiger charge is 2.36. The van der Waals surface area contributed by atoms with E-state index in [1.165, 1.54) is 36.8 Å². The van der Waals surface area contributed by atoms with Gasteiger partial charge in [0.1, 0.15) is 0 Å². The molecule has 0 saturated heterocycles. The Balaban J connectivity index is 2.41. The van der Waals surface area contributed by atoms with E-state index in [0.717, 1.165) is 17.9 Å². The van der Waals surface area contributed by atoms with Crippen molar-refractivity contribution < 1.29 is 0 Å². The lowest BCUT2D eigenvalue weighted by molar-refractivity contribution is 0.921. The first-order chi connectivity index (χ1) is 8.54. The fourth-order valence-corrected chi connectivity index (χ4v) is 5.13. The van der Waals surface area contributed by atoms with Crippen LogP contribution in [0.15, 0.2) is 40.2 Å². The SMILES string of the molecule is CCCC1=C(CCC)C1=C1C(Br)=C(Br)C(Br)=C1Br. The highest BCUT2D eigenvalue weighted by molar-refractivity contribution is 9.17. The normalized spacial score (nSPS) is 19.7. The van der Waals surface area contributed by atoms with Gasteiger partial charge < -0.3 is 0 Å². The largest absolute Gasteiger partial charge is 0.0651 e. The minimum atomic E-state index is 1.09. The zero-order chi connectivity index (χ0) is 13.4. The standard InChI is InChI=1S/C14H14Br4/c1-3-5-7-8(6-4-2)9(7)10-11(15)13(17)14(18)12(10)16/h3-6H2,1-2H3. The third kappa shape index (κ3) is 2.55. The van der Waals surface area contributed by atoms with Crippen LogP contribution in [0.1, 0.15) is 39.5 Å². The Labute approximate surface area is 142 Å². The predicted molar refractivity (Wildman–Crippen MR) is 93.6 cm³/mol. The first kappa shape index (κ1) is 15.3. The zero-order valence-corrected chi connectivity index (χ0v) is 16.7. The van der Waals surface area contributed by atoms with Gasteiger partial charge in [-0.2, -0.15) is 0 Å². The monoisotopic (exact) mass is 498 g/mol. The topological polar surface area (TPSA) is 0 Å². The molecule has 0 aliphatic heterocycles. The van der Waals surface area contributed by atoms with Gasteiger partial charge in [0.25, 0.3) is 0 Å². The van der Waals surface area contributed by atoms with Crippen molar-refractivity contribution in [3.05, 3.63) is 40.2 Å². The molecule has 0 saturated carbocycles. The molecule has 0 fully saturated rings. The van der Waals surface area contributed by atoms with Crippen LogP contribution in [0.4, 0.5) is 0 Å². The molecule has 18 heavy (non-hydrogen) atoms. The average Bonchev–Trinajstić information content (AvgIpc) is 2.96. The van der Waals surface area contributed by atoms with Gasteiger partial charge in [-0.3, -0.25) is 0 Å². The minimum absolute atomic E-state index is 1.09. The fourth-order valence-electron chi connectivity index (χ4n) is 2.35. The molecule has 0 aromatic heterocycles. The van der Waals surface area contributed by atoms with Crippen molar-refractivity contribution >= 4 is 63.7 Å². The fraction of sp³-hybridized carbons (Fsp3) is 0.429. The summed E-state index contributed by atoms with van der Waals surface area (Å²) in [6.07, 6.45) is 4.82. The van der Waals surface area contributed by atoms with Crippen molar-refractivity contribution in [1.29, 1.82) is 0 Å². The summed E-state index contributed by atoms with van der Waals surface area (Å²) in [5.41, 5.74) is 5.93. The molecule has 0 nitrogen and oxygen atoms in total. The molecule has 2 aliphatic carbocycles. The lowest BCUT2D eigenvalue weighted by atomic mass is 10.1. The summed E-state index contributed by atoms with van der Waals surface area (Å²) in [6, 6.07) is 0. The Morgan fingerprint density at radius 2 is 1.00 bits per heavy atom. The molecule has 0 aromatic rings. The summed E-state index contributed by atoms with van der Waals surface area (Å²) < 4.78 is 4.48. The number of halogens is 4. The van der Waals surface area contributed by atoms with Gasteiger partial charge in [-0.05, 0) is 93.3 Å². The molecule has 0 unspecified atom stereocenters. The van der Waals surface area contributed by atoms with Crippen LogP contribution in [-0.2, 0) is 0 Å². The quantitative estimate of drug-likeness (QED) is 0.382. The lowest BCUT2D eigenvalue weighted by Crippen LogP contribution is -1.82. The van der Waals surface area contributed by atoms with Crippen LogP contribution in [0.5, 0.6) is 0 Å². The summed E-state index contributed by atoms with van der Waals surface area (Å²) in [6.45, 7) is 4.49. The number of hydrogen-bond acceptors (Lipinski definition) is 0. The van der Waals surface area contributed by atoms with E-state index in [0.29, 0.717) is 0 Å². The van der Waals surface area contributed by atoms with Crippen molar-refractivity contribution in [3.8, 4) is 0 Å². The van der Waals surface area contributed by atoms with Crippen LogP contribution < -0.4 is 0 Å². The van der Waals surface area contributed by atoms with Gasteiger partial charge in [-0.25, -0.2) is 0 Å². The van der Waals surface area contributed by atoms with Crippen LogP contribution in [-0.4, -0.2) is 0 Å². The Morgan fingerprint density at radius 3 is 1.33 bits per heavy atom. The van der Waals surface area contributed by atoms with E-state index < -0.39 is 0 Å².